The van der Waals surface area contributed by atoms with Gasteiger partial charge in [0.2, 0.25) is 11.8 Å². The van der Waals surface area contributed by atoms with Crippen molar-refractivity contribution in [3.63, 3.8) is 0 Å². The van der Waals surface area contributed by atoms with Gasteiger partial charge < -0.3 is 10.2 Å². The zero-order valence-electron chi connectivity index (χ0n) is 16.1. The number of nitrogens with one attached hydrogen (secondary N) is 1. The molecule has 0 aromatic heterocycles. The maximum atomic E-state index is 13.1. The number of amides is 2. The molecule has 5 heteroatoms. The summed E-state index contributed by atoms with van der Waals surface area (Å²) in [6.45, 7) is 6.92. The van der Waals surface area contributed by atoms with E-state index in [0.717, 1.165) is 11.1 Å². The Kier molecular flexibility index (Phi) is 7.53. The highest BCUT2D eigenvalue weighted by molar-refractivity contribution is 5.89. The summed E-state index contributed by atoms with van der Waals surface area (Å²) in [5.41, 5.74) is 1.65. The molecule has 2 aromatic rings. The van der Waals surface area contributed by atoms with Gasteiger partial charge in [-0.15, -0.1) is 0 Å². The van der Waals surface area contributed by atoms with E-state index in [4.69, 9.17) is 0 Å². The Balaban J connectivity index is 2.13. The van der Waals surface area contributed by atoms with Crippen LogP contribution in [0.25, 0.3) is 0 Å². The number of benzene rings is 2. The first-order valence-electron chi connectivity index (χ1n) is 9.34. The number of likely N-dealkylation sites (N-methyl/N-ethyl adjacent to an activating group) is 1. The van der Waals surface area contributed by atoms with Crippen molar-refractivity contribution < 1.29 is 14.0 Å². The highest BCUT2D eigenvalue weighted by Crippen LogP contribution is 2.21. The number of rotatable bonds is 8. The van der Waals surface area contributed by atoms with Gasteiger partial charge in [0.05, 0.1) is 0 Å². The van der Waals surface area contributed by atoms with Gasteiger partial charge in [0.1, 0.15) is 11.9 Å². The van der Waals surface area contributed by atoms with Crippen LogP contribution < -0.4 is 5.32 Å². The number of carbonyl (C=O) groups excluding carboxylic acids is 2. The van der Waals surface area contributed by atoms with E-state index < -0.39 is 6.04 Å². The highest BCUT2D eigenvalue weighted by Gasteiger charge is 2.26. The summed E-state index contributed by atoms with van der Waals surface area (Å²) in [6.07, 6.45) is 0.223. The molecular weight excluding hydrogens is 343 g/mol. The molecule has 2 atom stereocenters. The minimum atomic E-state index is -0.709. The van der Waals surface area contributed by atoms with Gasteiger partial charge in [-0.1, -0.05) is 49.4 Å². The average molecular weight is 370 g/mol. The Bertz CT molecular complexity index is 743. The van der Waals surface area contributed by atoms with Crippen molar-refractivity contribution >= 4 is 11.8 Å². The monoisotopic (exact) mass is 370 g/mol. The number of nitrogens with zero attached hydrogens (tertiary/aromatic N) is 1. The van der Waals surface area contributed by atoms with Gasteiger partial charge in [-0.2, -0.15) is 0 Å². The lowest BCUT2D eigenvalue weighted by atomic mass is 9.97. The summed E-state index contributed by atoms with van der Waals surface area (Å²) in [5.74, 6) is -0.704. The van der Waals surface area contributed by atoms with Gasteiger partial charge in [0, 0.05) is 19.5 Å². The maximum absolute atomic E-state index is 13.1. The second-order valence-corrected chi connectivity index (χ2v) is 6.58. The zero-order chi connectivity index (χ0) is 19.8. The molecule has 2 rings (SSSR count). The minimum Gasteiger partial charge on any atom is -0.341 e. The standard InChI is InChI=1S/C22H27FN2O2/c1-4-25(5-2)22(27)21(18-9-7-6-8-10-18)24-20(26)15-16(3)17-11-13-19(23)14-12-17/h6-14,16,21H,4-5,15H2,1-3H3,(H,24,26)/t16?,21-/m0/s1. The van der Waals surface area contributed by atoms with Crippen molar-refractivity contribution in [3.05, 3.63) is 71.5 Å². The predicted octanol–water partition coefficient (Wildman–Crippen LogP) is 4.05. The topological polar surface area (TPSA) is 49.4 Å². The number of hydrogen-bond acceptors (Lipinski definition) is 2. The van der Waals surface area contributed by atoms with Crippen LogP contribution in [0.4, 0.5) is 4.39 Å². The molecule has 144 valence electrons. The van der Waals surface area contributed by atoms with Crippen molar-refractivity contribution in [3.8, 4) is 0 Å². The Labute approximate surface area is 160 Å². The van der Waals surface area contributed by atoms with Crippen LogP contribution in [-0.2, 0) is 9.59 Å². The third-order valence-corrected chi connectivity index (χ3v) is 4.69. The van der Waals surface area contributed by atoms with E-state index in [1.165, 1.54) is 12.1 Å². The fraction of sp³-hybridized carbons (Fsp3) is 0.364. The van der Waals surface area contributed by atoms with Gasteiger partial charge in [-0.05, 0) is 43.0 Å². The Morgan fingerprint density at radius 2 is 1.56 bits per heavy atom. The molecule has 27 heavy (non-hydrogen) atoms. The van der Waals surface area contributed by atoms with Gasteiger partial charge in [0.25, 0.3) is 0 Å². The summed E-state index contributed by atoms with van der Waals surface area (Å²) in [4.78, 5) is 27.2. The third-order valence-electron chi connectivity index (χ3n) is 4.69. The molecule has 0 bridgehead atoms. The second kappa shape index (κ2) is 9.86. The number of hydrogen-bond donors (Lipinski definition) is 1. The lowest BCUT2D eigenvalue weighted by Crippen LogP contribution is -2.43. The average Bonchev–Trinajstić information content (AvgIpc) is 2.68. The van der Waals surface area contributed by atoms with Gasteiger partial charge in [-0.3, -0.25) is 9.59 Å². The van der Waals surface area contributed by atoms with E-state index in [1.54, 1.807) is 17.0 Å². The van der Waals surface area contributed by atoms with Crippen LogP contribution in [0.5, 0.6) is 0 Å². The minimum absolute atomic E-state index is 0.0782. The predicted molar refractivity (Wildman–Crippen MR) is 105 cm³/mol. The molecule has 0 saturated carbocycles. The molecule has 1 N–H and O–H groups in total. The Morgan fingerprint density at radius 1 is 0.963 bits per heavy atom. The SMILES string of the molecule is CCN(CC)C(=O)[C@@H](NC(=O)CC(C)c1ccc(F)cc1)c1ccccc1. The quantitative estimate of drug-likeness (QED) is 0.762. The van der Waals surface area contributed by atoms with Crippen molar-refractivity contribution in [2.24, 2.45) is 0 Å². The number of halogens is 1. The van der Waals surface area contributed by atoms with Gasteiger partial charge in [-0.25, -0.2) is 4.39 Å². The maximum Gasteiger partial charge on any atom is 0.249 e. The molecule has 0 fully saturated rings. The molecule has 0 saturated heterocycles. The van der Waals surface area contributed by atoms with Gasteiger partial charge in [0.15, 0.2) is 0 Å². The highest BCUT2D eigenvalue weighted by atomic mass is 19.1. The molecule has 4 nitrogen and oxygen atoms in total. The molecular formula is C22H27FN2O2. The molecule has 0 aliphatic rings. The van der Waals surface area contributed by atoms with Crippen LogP contribution in [0.15, 0.2) is 54.6 Å². The van der Waals surface area contributed by atoms with E-state index >= 15 is 0 Å². The Morgan fingerprint density at radius 3 is 2.11 bits per heavy atom. The first-order valence-corrected chi connectivity index (χ1v) is 9.34. The molecule has 0 aliphatic carbocycles. The first-order chi connectivity index (χ1) is 13.0. The van der Waals surface area contributed by atoms with Crippen LogP contribution in [-0.4, -0.2) is 29.8 Å². The molecule has 2 aromatic carbocycles. The summed E-state index contributed by atoms with van der Waals surface area (Å²) in [5, 5.41) is 2.89. The van der Waals surface area contributed by atoms with Crippen LogP contribution in [0.3, 0.4) is 0 Å². The van der Waals surface area contributed by atoms with Crippen LogP contribution >= 0.6 is 0 Å². The fourth-order valence-corrected chi connectivity index (χ4v) is 3.06. The zero-order valence-corrected chi connectivity index (χ0v) is 16.1. The van der Waals surface area contributed by atoms with Crippen LogP contribution in [0, 0.1) is 5.82 Å². The number of carbonyl (C=O) groups is 2. The molecule has 2 amide bonds. The first kappa shape index (κ1) is 20.6. The Hall–Kier alpha value is -2.69. The van der Waals surface area contributed by atoms with E-state index in [2.05, 4.69) is 5.32 Å². The smallest absolute Gasteiger partial charge is 0.249 e. The van der Waals surface area contributed by atoms with Crippen LogP contribution in [0.2, 0.25) is 0 Å². The molecule has 0 radical (unpaired) electrons. The molecule has 0 heterocycles. The van der Waals surface area contributed by atoms with E-state index in [9.17, 15) is 14.0 Å². The van der Waals surface area contributed by atoms with Gasteiger partial charge >= 0.3 is 0 Å². The fourth-order valence-electron chi connectivity index (χ4n) is 3.06. The molecule has 1 unspecified atom stereocenters. The largest absolute Gasteiger partial charge is 0.341 e. The van der Waals surface area contributed by atoms with Crippen molar-refractivity contribution in [2.45, 2.75) is 39.2 Å². The summed E-state index contributed by atoms with van der Waals surface area (Å²) < 4.78 is 13.1. The molecule has 0 spiro atoms. The normalized spacial score (nSPS) is 12.9. The van der Waals surface area contributed by atoms with E-state index in [-0.39, 0.29) is 30.0 Å². The molecule has 0 aliphatic heterocycles. The summed E-state index contributed by atoms with van der Waals surface area (Å²) in [6, 6.07) is 14.7. The van der Waals surface area contributed by atoms with Crippen LogP contribution in [0.1, 0.15) is 50.3 Å². The third kappa shape index (κ3) is 5.64. The van der Waals surface area contributed by atoms with E-state index in [1.807, 2.05) is 51.1 Å². The lowest BCUT2D eigenvalue weighted by Gasteiger charge is -2.26. The van der Waals surface area contributed by atoms with Crippen molar-refractivity contribution in [1.82, 2.24) is 10.2 Å². The van der Waals surface area contributed by atoms with E-state index in [0.29, 0.717) is 13.1 Å². The summed E-state index contributed by atoms with van der Waals surface area (Å²) in [7, 11) is 0. The van der Waals surface area contributed by atoms with Crippen molar-refractivity contribution in [1.29, 1.82) is 0 Å². The lowest BCUT2D eigenvalue weighted by molar-refractivity contribution is -0.136. The summed E-state index contributed by atoms with van der Waals surface area (Å²) >= 11 is 0. The second-order valence-electron chi connectivity index (χ2n) is 6.58. The van der Waals surface area contributed by atoms with Crippen molar-refractivity contribution in [2.75, 3.05) is 13.1 Å².